The maximum absolute atomic E-state index is 11.6. The minimum atomic E-state index is -3.96. The molecule has 0 aliphatic carbocycles. The zero-order valence-electron chi connectivity index (χ0n) is 24.7. The van der Waals surface area contributed by atoms with Gasteiger partial charge in [-0.1, -0.05) is 33.8 Å². The van der Waals surface area contributed by atoms with Crippen molar-refractivity contribution in [1.29, 1.82) is 0 Å². The van der Waals surface area contributed by atoms with Gasteiger partial charge in [-0.25, -0.2) is 0 Å². The van der Waals surface area contributed by atoms with Crippen molar-refractivity contribution in [3.05, 3.63) is 34.4 Å². The molecule has 9 atom stereocenters. The monoisotopic (exact) mass is 603 g/mol. The molecular weight excluding hydrogens is 554 g/mol. The number of rotatable bonds is 12. The fraction of sp³-hybridized carbons (Fsp3) is 0.778. The van der Waals surface area contributed by atoms with E-state index in [2.05, 4.69) is 37.5 Å². The van der Waals surface area contributed by atoms with E-state index < -0.39 is 15.0 Å². The summed E-state index contributed by atoms with van der Waals surface area (Å²) in [6.07, 6.45) is 4.03. The van der Waals surface area contributed by atoms with Gasteiger partial charge >= 0.3 is 0 Å². The number of fused-ring (bicyclic) bond motifs is 3. The SMILES string of the molecule is CCC1C(CC)N2CC(CO)N1CC2CO.CC[C@@H](N)[C@H](N)CC.O=[N+]([O-])c1cccc(S(=O)(=O)OCC2CO2)c1. The Labute approximate surface area is 244 Å². The number of epoxide rings is 1. The molecule has 6 N–H and O–H groups in total. The van der Waals surface area contributed by atoms with Gasteiger partial charge in [-0.05, 0) is 31.7 Å². The van der Waals surface area contributed by atoms with Crippen molar-refractivity contribution in [3.8, 4) is 0 Å². The van der Waals surface area contributed by atoms with Crippen LogP contribution in [-0.4, -0.2) is 115 Å². The van der Waals surface area contributed by atoms with Crippen LogP contribution in [0.2, 0.25) is 0 Å². The highest BCUT2D eigenvalue weighted by molar-refractivity contribution is 7.86. The Kier molecular flexibility index (Phi) is 14.5. The molecule has 0 saturated carbocycles. The fourth-order valence-electron chi connectivity index (χ4n) is 5.34. The van der Waals surface area contributed by atoms with E-state index >= 15 is 0 Å². The molecule has 0 aromatic heterocycles. The highest BCUT2D eigenvalue weighted by Crippen LogP contribution is 2.33. The normalized spacial score (nSPS) is 29.8. The number of hydrogen-bond acceptors (Lipinski definition) is 12. The van der Waals surface area contributed by atoms with Crippen LogP contribution in [0.15, 0.2) is 29.2 Å². The second-order valence-electron chi connectivity index (χ2n) is 10.6. The summed E-state index contributed by atoms with van der Waals surface area (Å²) in [5.41, 5.74) is 10.9. The highest BCUT2D eigenvalue weighted by atomic mass is 32.2. The Morgan fingerprint density at radius 1 is 1.02 bits per heavy atom. The Bertz CT molecular complexity index is 1010. The zero-order chi connectivity index (χ0) is 30.7. The summed E-state index contributed by atoms with van der Waals surface area (Å²) < 4.78 is 32.8. The third kappa shape index (κ3) is 9.90. The molecule has 2 bridgehead atoms. The minimum absolute atomic E-state index is 0.0645. The molecule has 14 heteroatoms. The number of nitrogens with zero attached hydrogens (tertiary/aromatic N) is 3. The van der Waals surface area contributed by atoms with Gasteiger partial charge in [0.1, 0.15) is 11.0 Å². The van der Waals surface area contributed by atoms with Gasteiger partial charge in [-0.2, -0.15) is 8.42 Å². The average Bonchev–Trinajstić information content (AvgIpc) is 3.84. The lowest BCUT2D eigenvalue weighted by Gasteiger charge is -2.59. The van der Waals surface area contributed by atoms with Crippen LogP contribution in [0.1, 0.15) is 53.4 Å². The van der Waals surface area contributed by atoms with Gasteiger partial charge in [-0.3, -0.25) is 24.1 Å². The Hall–Kier alpha value is -1.75. The van der Waals surface area contributed by atoms with E-state index in [-0.39, 0.29) is 60.7 Å². The predicted octanol–water partition coefficient (Wildman–Crippen LogP) is 1.06. The molecule has 13 nitrogen and oxygen atoms in total. The number of ether oxygens (including phenoxy) is 1. The maximum Gasteiger partial charge on any atom is 0.297 e. The summed E-state index contributed by atoms with van der Waals surface area (Å²) in [6, 6.07) is 6.76. The number of nitrogens with two attached hydrogens (primary N) is 2. The van der Waals surface area contributed by atoms with Crippen molar-refractivity contribution in [2.75, 3.05) is 39.5 Å². The zero-order valence-corrected chi connectivity index (χ0v) is 25.5. The van der Waals surface area contributed by atoms with Crippen LogP contribution in [0.25, 0.3) is 0 Å². The van der Waals surface area contributed by atoms with Crippen LogP contribution in [0.5, 0.6) is 0 Å². The third-order valence-electron chi connectivity index (χ3n) is 7.96. The van der Waals surface area contributed by atoms with Crippen molar-refractivity contribution < 1.29 is 32.5 Å². The molecule has 4 aliphatic rings. The van der Waals surface area contributed by atoms with Crippen LogP contribution in [0, 0.1) is 10.1 Å². The number of piperazine rings is 3. The van der Waals surface area contributed by atoms with Crippen LogP contribution in [0.3, 0.4) is 0 Å². The van der Waals surface area contributed by atoms with Gasteiger partial charge in [0.15, 0.2) is 0 Å². The number of hydrogen-bond donors (Lipinski definition) is 4. The van der Waals surface area contributed by atoms with E-state index in [4.69, 9.17) is 20.4 Å². The number of non-ortho nitro benzene ring substituents is 1. The standard InChI is InChI=1S/C12H24N2O2.C9H9NO6S.C6H16N2/c1-3-11-12(4-2)14-6-9(7-15)13(11)5-10(14)8-16;11-10(12)7-2-1-3-9(4-7)17(13,14)16-6-8-5-15-8;1-3-5(7)6(8)4-2/h9-12,15-16H,3-8H2,1-2H3;1-4,8H,5-6H2;5-6H,3-4,7-8H2,1-2H3/t;;5-,6-/m..1/s1. The topological polar surface area (TPSA) is 198 Å². The van der Waals surface area contributed by atoms with Crippen LogP contribution in [0.4, 0.5) is 5.69 Å². The van der Waals surface area contributed by atoms with E-state index in [0.717, 1.165) is 44.8 Å². The first kappa shape index (κ1) is 35.4. The molecule has 5 rings (SSSR count). The highest BCUT2D eigenvalue weighted by Gasteiger charge is 2.47. The molecule has 7 unspecified atom stereocenters. The number of aliphatic hydroxyl groups excluding tert-OH is 2. The first-order valence-electron chi connectivity index (χ1n) is 14.5. The molecule has 4 saturated heterocycles. The Morgan fingerprint density at radius 2 is 1.51 bits per heavy atom. The largest absolute Gasteiger partial charge is 0.395 e. The second kappa shape index (κ2) is 16.8. The van der Waals surface area contributed by atoms with Gasteiger partial charge in [0.05, 0.1) is 31.4 Å². The second-order valence-corrected chi connectivity index (χ2v) is 12.2. The van der Waals surface area contributed by atoms with Gasteiger partial charge < -0.3 is 26.4 Å². The van der Waals surface area contributed by atoms with Crippen LogP contribution in [-0.2, 0) is 19.0 Å². The lowest BCUT2D eigenvalue weighted by Crippen LogP contribution is -2.74. The lowest BCUT2D eigenvalue weighted by atomic mass is 9.87. The molecule has 1 aromatic carbocycles. The molecule has 0 spiro atoms. The summed E-state index contributed by atoms with van der Waals surface area (Å²) in [5, 5.41) is 29.3. The third-order valence-corrected chi connectivity index (χ3v) is 9.23. The average molecular weight is 604 g/mol. The Morgan fingerprint density at radius 3 is 1.88 bits per heavy atom. The fourth-order valence-corrected chi connectivity index (χ4v) is 6.32. The summed E-state index contributed by atoms with van der Waals surface area (Å²) in [5.74, 6) is 0. The van der Waals surface area contributed by atoms with E-state index in [9.17, 15) is 28.7 Å². The number of aliphatic hydroxyl groups is 2. The summed E-state index contributed by atoms with van der Waals surface area (Å²) in [6.45, 7) is 11.3. The van der Waals surface area contributed by atoms with Crippen molar-refractivity contribution in [3.63, 3.8) is 0 Å². The van der Waals surface area contributed by atoms with Crippen molar-refractivity contribution in [2.45, 2.75) is 101 Å². The van der Waals surface area contributed by atoms with Gasteiger partial charge in [-0.15, -0.1) is 0 Å². The van der Waals surface area contributed by atoms with Crippen molar-refractivity contribution >= 4 is 15.8 Å². The smallest absolute Gasteiger partial charge is 0.297 e. The van der Waals surface area contributed by atoms with Crippen LogP contribution < -0.4 is 11.5 Å². The molecule has 0 radical (unpaired) electrons. The van der Waals surface area contributed by atoms with E-state index in [0.29, 0.717) is 18.7 Å². The molecule has 0 amide bonds. The maximum atomic E-state index is 11.6. The van der Waals surface area contributed by atoms with E-state index in [1.807, 2.05) is 0 Å². The summed E-state index contributed by atoms with van der Waals surface area (Å²) in [7, 11) is -3.96. The van der Waals surface area contributed by atoms with E-state index in [1.165, 1.54) is 18.2 Å². The summed E-state index contributed by atoms with van der Waals surface area (Å²) >= 11 is 0. The Balaban J connectivity index is 0.000000230. The van der Waals surface area contributed by atoms with Gasteiger partial charge in [0.2, 0.25) is 0 Å². The van der Waals surface area contributed by atoms with Crippen LogP contribution >= 0.6 is 0 Å². The van der Waals surface area contributed by atoms with Gasteiger partial charge in [0, 0.05) is 61.5 Å². The lowest BCUT2D eigenvalue weighted by molar-refractivity contribution is -0.385. The minimum Gasteiger partial charge on any atom is -0.395 e. The number of nitro groups is 1. The quantitative estimate of drug-likeness (QED) is 0.115. The van der Waals surface area contributed by atoms with Crippen molar-refractivity contribution in [1.82, 2.24) is 9.80 Å². The van der Waals surface area contributed by atoms with E-state index in [1.54, 1.807) is 0 Å². The molecule has 41 heavy (non-hydrogen) atoms. The molecule has 4 fully saturated rings. The first-order chi connectivity index (χ1) is 19.5. The summed E-state index contributed by atoms with van der Waals surface area (Å²) in [4.78, 5) is 14.5. The molecule has 4 heterocycles. The van der Waals surface area contributed by atoms with Gasteiger partial charge in [0.25, 0.3) is 15.8 Å². The molecule has 4 aliphatic heterocycles. The molecule has 1 aromatic rings. The molecular formula is C27H49N5O8S. The number of benzene rings is 1. The predicted molar refractivity (Wildman–Crippen MR) is 156 cm³/mol. The number of nitro benzene ring substituents is 1. The molecule has 236 valence electrons. The van der Waals surface area contributed by atoms with Crippen molar-refractivity contribution in [2.24, 2.45) is 11.5 Å². The first-order valence-corrected chi connectivity index (χ1v) is 15.9.